The molecule has 2 aliphatic heterocycles. The number of aliphatic hydroxyl groups excluding tert-OH is 1. The summed E-state index contributed by atoms with van der Waals surface area (Å²) in [7, 11) is 0. The quantitative estimate of drug-likeness (QED) is 0.763. The second-order valence-corrected chi connectivity index (χ2v) is 8.18. The van der Waals surface area contributed by atoms with Gasteiger partial charge in [-0.15, -0.1) is 0 Å². The first-order valence-electron chi connectivity index (χ1n) is 10.1. The fraction of sp³-hybridized carbons (Fsp3) is 0.435. The van der Waals surface area contributed by atoms with Gasteiger partial charge in [-0.1, -0.05) is 42.0 Å². The van der Waals surface area contributed by atoms with Crippen LogP contribution in [0.25, 0.3) is 0 Å². The third-order valence-corrected chi connectivity index (χ3v) is 6.08. The van der Waals surface area contributed by atoms with E-state index in [0.717, 1.165) is 47.5 Å². The van der Waals surface area contributed by atoms with E-state index in [1.54, 1.807) is 0 Å². The second kappa shape index (κ2) is 7.66. The summed E-state index contributed by atoms with van der Waals surface area (Å²) in [6.45, 7) is 4.10. The van der Waals surface area contributed by atoms with E-state index in [9.17, 15) is 15.0 Å². The molecule has 0 bridgehead atoms. The molecule has 1 fully saturated rings. The number of likely N-dealkylation sites (tertiary alicyclic amines) is 1. The van der Waals surface area contributed by atoms with Gasteiger partial charge < -0.3 is 20.4 Å². The largest absolute Gasteiger partial charge is 0.387 e. The molecule has 5 heteroatoms. The molecule has 148 valence electrons. The summed E-state index contributed by atoms with van der Waals surface area (Å²) in [4.78, 5) is 13.7. The van der Waals surface area contributed by atoms with E-state index in [1.807, 2.05) is 43.3 Å². The van der Waals surface area contributed by atoms with Crippen LogP contribution in [0.2, 0.25) is 0 Å². The van der Waals surface area contributed by atoms with Gasteiger partial charge in [0.25, 0.3) is 0 Å². The molecular formula is C23H28N2O3. The Labute approximate surface area is 166 Å². The lowest BCUT2D eigenvalue weighted by Crippen LogP contribution is -2.44. The van der Waals surface area contributed by atoms with E-state index in [1.165, 1.54) is 0 Å². The minimum atomic E-state index is -0.780. The number of β-amino-alcohol motifs (C(OH)–C–C–N with tert-alkyl or cyclic N) is 1. The second-order valence-electron chi connectivity index (χ2n) is 8.18. The highest BCUT2D eigenvalue weighted by Crippen LogP contribution is 2.34. The number of hydrogen-bond donors (Lipinski definition) is 3. The summed E-state index contributed by atoms with van der Waals surface area (Å²) in [6.07, 6.45) is 1.97. The Morgan fingerprint density at radius 1 is 1.14 bits per heavy atom. The highest BCUT2D eigenvalue weighted by molar-refractivity contribution is 5.93. The van der Waals surface area contributed by atoms with Crippen LogP contribution in [0.5, 0.6) is 0 Å². The van der Waals surface area contributed by atoms with Gasteiger partial charge in [0.1, 0.15) is 0 Å². The highest BCUT2D eigenvalue weighted by Gasteiger charge is 2.34. The molecule has 1 atom stereocenters. The van der Waals surface area contributed by atoms with Gasteiger partial charge in [-0.25, -0.2) is 0 Å². The van der Waals surface area contributed by atoms with Crippen molar-refractivity contribution in [1.82, 2.24) is 4.90 Å². The zero-order valence-corrected chi connectivity index (χ0v) is 16.3. The summed E-state index contributed by atoms with van der Waals surface area (Å²) < 4.78 is 0. The van der Waals surface area contributed by atoms with Gasteiger partial charge >= 0.3 is 0 Å². The fourth-order valence-corrected chi connectivity index (χ4v) is 4.29. The van der Waals surface area contributed by atoms with Crippen molar-refractivity contribution in [3.63, 3.8) is 0 Å². The number of nitrogens with one attached hydrogen (secondary N) is 1. The Bertz CT molecular complexity index is 872. The Hall–Kier alpha value is -2.21. The first kappa shape index (κ1) is 19.1. The Balaban J connectivity index is 1.38. The smallest absolute Gasteiger partial charge is 0.224 e. The predicted octanol–water partition coefficient (Wildman–Crippen LogP) is 2.90. The van der Waals surface area contributed by atoms with E-state index < -0.39 is 11.7 Å². The number of piperidine rings is 1. The first-order chi connectivity index (χ1) is 13.4. The van der Waals surface area contributed by atoms with E-state index >= 15 is 0 Å². The van der Waals surface area contributed by atoms with Crippen molar-refractivity contribution in [2.45, 2.75) is 44.3 Å². The van der Waals surface area contributed by atoms with Gasteiger partial charge in [0.15, 0.2) is 0 Å². The Kier molecular flexibility index (Phi) is 5.23. The van der Waals surface area contributed by atoms with Crippen LogP contribution in [0.3, 0.4) is 0 Å². The molecule has 0 radical (unpaired) electrons. The third-order valence-electron chi connectivity index (χ3n) is 6.08. The van der Waals surface area contributed by atoms with Gasteiger partial charge in [0.2, 0.25) is 5.91 Å². The molecule has 2 aliphatic rings. The third kappa shape index (κ3) is 3.97. The van der Waals surface area contributed by atoms with Gasteiger partial charge in [-0.05, 0) is 48.9 Å². The fourth-order valence-electron chi connectivity index (χ4n) is 4.29. The van der Waals surface area contributed by atoms with Gasteiger partial charge in [0.05, 0.1) is 11.7 Å². The highest BCUT2D eigenvalue weighted by atomic mass is 16.3. The number of hydrogen-bond acceptors (Lipinski definition) is 4. The summed E-state index contributed by atoms with van der Waals surface area (Å²) in [5.74, 6) is 0.0511. The van der Waals surface area contributed by atoms with E-state index in [2.05, 4.69) is 16.3 Å². The van der Waals surface area contributed by atoms with Crippen molar-refractivity contribution in [3.05, 3.63) is 64.7 Å². The molecule has 4 rings (SSSR count). The number of nitrogens with zero attached hydrogens (tertiary/aromatic N) is 1. The van der Waals surface area contributed by atoms with Crippen molar-refractivity contribution >= 4 is 11.6 Å². The average molecular weight is 380 g/mol. The molecule has 2 aromatic rings. The summed E-state index contributed by atoms with van der Waals surface area (Å²) in [5.41, 5.74) is 4.19. The monoisotopic (exact) mass is 380 g/mol. The van der Waals surface area contributed by atoms with Crippen LogP contribution >= 0.6 is 0 Å². The molecule has 0 aromatic heterocycles. The van der Waals surface area contributed by atoms with Crippen LogP contribution in [0.15, 0.2) is 42.5 Å². The number of carbonyl (C=O) groups is 1. The maximum atomic E-state index is 11.5. The lowest BCUT2D eigenvalue weighted by atomic mass is 9.83. The molecule has 1 unspecified atom stereocenters. The average Bonchev–Trinajstić information content (AvgIpc) is 2.69. The van der Waals surface area contributed by atoms with Crippen molar-refractivity contribution in [3.8, 4) is 0 Å². The van der Waals surface area contributed by atoms with Crippen LogP contribution in [0.1, 0.15) is 47.6 Å². The number of carbonyl (C=O) groups excluding carboxylic acids is 1. The van der Waals surface area contributed by atoms with E-state index in [4.69, 9.17) is 0 Å². The number of rotatable bonds is 4. The molecule has 2 heterocycles. The van der Waals surface area contributed by atoms with Crippen molar-refractivity contribution < 1.29 is 15.0 Å². The molecule has 2 aromatic carbocycles. The zero-order chi connectivity index (χ0) is 19.7. The standard InChI is InChI=1S/C23H28N2O3/c1-16-3-2-4-19(13-16)23(28)9-11-25(12-10-23)15-21(26)18-5-7-20-17(14-18)6-8-22(27)24-20/h2-5,7,13-14,21,26,28H,6,8-12,15H2,1H3,(H,24,27). The van der Waals surface area contributed by atoms with Crippen molar-refractivity contribution in [2.24, 2.45) is 0 Å². The maximum absolute atomic E-state index is 11.5. The molecule has 28 heavy (non-hydrogen) atoms. The van der Waals surface area contributed by atoms with Crippen LogP contribution in [0.4, 0.5) is 5.69 Å². The predicted molar refractivity (Wildman–Crippen MR) is 109 cm³/mol. The number of anilines is 1. The normalized spacial score (nSPS) is 20.3. The molecular weight excluding hydrogens is 352 g/mol. The molecule has 0 saturated carbocycles. The molecule has 3 N–H and O–H groups in total. The minimum absolute atomic E-state index is 0.0511. The lowest BCUT2D eigenvalue weighted by Gasteiger charge is -2.39. The van der Waals surface area contributed by atoms with Crippen LogP contribution in [-0.4, -0.2) is 40.7 Å². The summed E-state index contributed by atoms with van der Waals surface area (Å²) >= 11 is 0. The zero-order valence-electron chi connectivity index (χ0n) is 16.3. The maximum Gasteiger partial charge on any atom is 0.224 e. The van der Waals surface area contributed by atoms with Crippen LogP contribution in [-0.2, 0) is 16.8 Å². The minimum Gasteiger partial charge on any atom is -0.387 e. The number of amides is 1. The van der Waals surface area contributed by atoms with Crippen molar-refractivity contribution in [1.29, 1.82) is 0 Å². The molecule has 0 spiro atoms. The van der Waals surface area contributed by atoms with Gasteiger partial charge in [-0.2, -0.15) is 0 Å². The number of aliphatic hydroxyl groups is 2. The molecule has 0 aliphatic carbocycles. The number of fused-ring (bicyclic) bond motifs is 1. The van der Waals surface area contributed by atoms with E-state index in [0.29, 0.717) is 25.8 Å². The SMILES string of the molecule is Cc1cccc(C2(O)CCN(CC(O)c3ccc4c(c3)CCC(=O)N4)CC2)c1. The lowest BCUT2D eigenvalue weighted by molar-refractivity contribution is -0.116. The van der Waals surface area contributed by atoms with Gasteiger partial charge in [0, 0.05) is 31.7 Å². The number of benzene rings is 2. The molecule has 1 saturated heterocycles. The van der Waals surface area contributed by atoms with Crippen LogP contribution in [0, 0.1) is 6.92 Å². The van der Waals surface area contributed by atoms with Gasteiger partial charge in [-0.3, -0.25) is 4.79 Å². The van der Waals surface area contributed by atoms with Crippen molar-refractivity contribution in [2.75, 3.05) is 25.0 Å². The summed E-state index contributed by atoms with van der Waals surface area (Å²) in [6, 6.07) is 13.9. The molecule has 5 nitrogen and oxygen atoms in total. The topological polar surface area (TPSA) is 72.8 Å². The Morgan fingerprint density at radius 2 is 1.93 bits per heavy atom. The Morgan fingerprint density at radius 3 is 2.68 bits per heavy atom. The molecule has 1 amide bonds. The van der Waals surface area contributed by atoms with Crippen LogP contribution < -0.4 is 5.32 Å². The number of aryl methyl sites for hydroxylation is 2. The first-order valence-corrected chi connectivity index (χ1v) is 10.1. The summed E-state index contributed by atoms with van der Waals surface area (Å²) in [5, 5.41) is 24.7. The van der Waals surface area contributed by atoms with E-state index in [-0.39, 0.29) is 5.91 Å².